The largest absolute Gasteiger partial charge is 0.324 e. The lowest BCUT2D eigenvalue weighted by atomic mass is 10.2. The van der Waals surface area contributed by atoms with Gasteiger partial charge in [0.15, 0.2) is 0 Å². The van der Waals surface area contributed by atoms with Crippen LogP contribution in [-0.2, 0) is 21.9 Å². The summed E-state index contributed by atoms with van der Waals surface area (Å²) in [6.45, 7) is 1.45. The number of carbonyl (C=O) groups excluding carboxylic acids is 1. The average molecular weight is 474 g/mol. The van der Waals surface area contributed by atoms with Gasteiger partial charge in [0.1, 0.15) is 6.04 Å². The van der Waals surface area contributed by atoms with Crippen molar-refractivity contribution >= 4 is 72.1 Å². The lowest BCUT2D eigenvalue weighted by molar-refractivity contribution is -0.116. The molecule has 0 fully saturated rings. The lowest BCUT2D eigenvalue weighted by Crippen LogP contribution is -2.45. The molecule has 0 aliphatic carbocycles. The molecule has 3 aromatic rings. The van der Waals surface area contributed by atoms with Crippen molar-refractivity contribution in [3.8, 4) is 0 Å². The van der Waals surface area contributed by atoms with Crippen molar-refractivity contribution in [3.63, 3.8) is 0 Å². The summed E-state index contributed by atoms with van der Waals surface area (Å²) in [4.78, 5) is 24.5. The van der Waals surface area contributed by atoms with Crippen LogP contribution in [0, 0.1) is 0 Å². The zero-order chi connectivity index (χ0) is 21.5. The summed E-state index contributed by atoms with van der Waals surface area (Å²) in [5, 5.41) is 3.13. The summed E-state index contributed by atoms with van der Waals surface area (Å²) >= 11 is 13.2. The zero-order valence-electron chi connectivity index (χ0n) is 15.6. The molecule has 1 aromatic heterocycles. The minimum atomic E-state index is -3.84. The van der Waals surface area contributed by atoms with Gasteiger partial charge in [-0.05, 0) is 43.3 Å². The fraction of sp³-hybridized carbons (Fsp3) is 0.222. The van der Waals surface area contributed by atoms with Gasteiger partial charge in [-0.25, -0.2) is 8.42 Å². The fourth-order valence-corrected chi connectivity index (χ4v) is 5.42. The van der Waals surface area contributed by atoms with Crippen LogP contribution in [-0.4, -0.2) is 31.2 Å². The number of anilines is 2. The van der Waals surface area contributed by atoms with E-state index in [2.05, 4.69) is 5.32 Å². The number of hydrogen-bond donors (Lipinski definition) is 1. The summed E-state index contributed by atoms with van der Waals surface area (Å²) in [5.74, 6) is -0.561. The van der Waals surface area contributed by atoms with Gasteiger partial charge in [0.05, 0.1) is 27.2 Å². The number of rotatable bonds is 5. The minimum Gasteiger partial charge on any atom is -0.324 e. The third-order valence-electron chi connectivity index (χ3n) is 4.29. The highest BCUT2D eigenvalue weighted by atomic mass is 35.5. The Labute approximate surface area is 181 Å². The molecule has 1 atom stereocenters. The molecule has 0 saturated carbocycles. The molecular formula is C18H17Cl2N3O4S2. The second kappa shape index (κ2) is 7.98. The maximum Gasteiger partial charge on any atom is 0.307 e. The van der Waals surface area contributed by atoms with E-state index in [1.54, 1.807) is 25.2 Å². The lowest BCUT2D eigenvalue weighted by Gasteiger charge is -2.29. The molecule has 7 nitrogen and oxygen atoms in total. The molecule has 0 saturated heterocycles. The predicted octanol–water partition coefficient (Wildman–Crippen LogP) is 3.70. The maximum absolute atomic E-state index is 12.8. The number of aromatic nitrogens is 1. The Kier molecular flexibility index (Phi) is 5.96. The van der Waals surface area contributed by atoms with Crippen LogP contribution in [0.4, 0.5) is 11.4 Å². The van der Waals surface area contributed by atoms with Crippen LogP contribution in [0.2, 0.25) is 10.0 Å². The molecule has 1 amide bonds. The van der Waals surface area contributed by atoms with Gasteiger partial charge in [-0.1, -0.05) is 34.5 Å². The number of fused-ring (bicyclic) bond motifs is 1. The van der Waals surface area contributed by atoms with E-state index in [-0.39, 0.29) is 20.6 Å². The Morgan fingerprint density at radius 1 is 1.21 bits per heavy atom. The summed E-state index contributed by atoms with van der Waals surface area (Å²) in [5.41, 5.74) is 1.30. The summed E-state index contributed by atoms with van der Waals surface area (Å²) in [6.07, 6.45) is 0.988. The average Bonchev–Trinajstić information content (AvgIpc) is 2.90. The number of nitrogens with zero attached hydrogens (tertiary/aromatic N) is 2. The van der Waals surface area contributed by atoms with Crippen LogP contribution >= 0.6 is 34.5 Å². The van der Waals surface area contributed by atoms with Crippen LogP contribution in [0.3, 0.4) is 0 Å². The van der Waals surface area contributed by atoms with Gasteiger partial charge in [-0.2, -0.15) is 0 Å². The van der Waals surface area contributed by atoms with E-state index in [4.69, 9.17) is 23.2 Å². The van der Waals surface area contributed by atoms with E-state index in [0.717, 1.165) is 27.4 Å². The number of benzene rings is 2. The van der Waals surface area contributed by atoms with Crippen molar-refractivity contribution in [2.45, 2.75) is 13.0 Å². The summed E-state index contributed by atoms with van der Waals surface area (Å²) in [6, 6.07) is 8.31. The summed E-state index contributed by atoms with van der Waals surface area (Å²) in [7, 11) is -2.18. The van der Waals surface area contributed by atoms with E-state index in [1.807, 2.05) is 0 Å². The van der Waals surface area contributed by atoms with Crippen molar-refractivity contribution in [1.29, 1.82) is 0 Å². The summed E-state index contributed by atoms with van der Waals surface area (Å²) < 4.78 is 28.0. The standard InChI is InChI=1S/C18H17Cl2N3O4S2/c1-10(23(29(3,26)27)15-8-11(19)4-6-13(15)20)17(24)21-12-5-7-14-16(9-12)28-18(25)22(14)2/h4-10H,1-3H3,(H,21,24)/t10-/m0/s1. The number of aryl methyl sites for hydroxylation is 1. The molecule has 1 heterocycles. The number of thiazole rings is 1. The first kappa shape index (κ1) is 21.6. The number of carbonyl (C=O) groups is 1. The first-order valence-corrected chi connectivity index (χ1v) is 11.8. The molecule has 0 bridgehead atoms. The Hall–Kier alpha value is -2.07. The van der Waals surface area contributed by atoms with Crippen LogP contribution in [0.25, 0.3) is 10.2 Å². The van der Waals surface area contributed by atoms with Crippen LogP contribution < -0.4 is 14.5 Å². The van der Waals surface area contributed by atoms with E-state index >= 15 is 0 Å². The molecule has 3 rings (SSSR count). The molecule has 154 valence electrons. The third kappa shape index (κ3) is 4.42. The zero-order valence-corrected chi connectivity index (χ0v) is 18.8. The molecular weight excluding hydrogens is 457 g/mol. The highest BCUT2D eigenvalue weighted by Crippen LogP contribution is 2.32. The minimum absolute atomic E-state index is 0.112. The molecule has 0 radical (unpaired) electrons. The van der Waals surface area contributed by atoms with E-state index in [9.17, 15) is 18.0 Å². The second-order valence-corrected chi connectivity index (χ2v) is 10.1. The van der Waals surface area contributed by atoms with E-state index < -0.39 is 22.0 Å². The molecule has 0 spiro atoms. The monoisotopic (exact) mass is 473 g/mol. The topological polar surface area (TPSA) is 88.5 Å². The Morgan fingerprint density at radius 3 is 2.55 bits per heavy atom. The van der Waals surface area contributed by atoms with Gasteiger partial charge >= 0.3 is 4.87 Å². The van der Waals surface area contributed by atoms with Crippen LogP contribution in [0.1, 0.15) is 6.92 Å². The predicted molar refractivity (Wildman–Crippen MR) is 119 cm³/mol. The van der Waals surface area contributed by atoms with Crippen molar-refractivity contribution in [2.24, 2.45) is 7.05 Å². The number of amides is 1. The van der Waals surface area contributed by atoms with Gasteiger partial charge in [0.25, 0.3) is 0 Å². The van der Waals surface area contributed by atoms with Crippen LogP contribution in [0.5, 0.6) is 0 Å². The second-order valence-electron chi connectivity index (χ2n) is 6.43. The van der Waals surface area contributed by atoms with Crippen LogP contribution in [0.15, 0.2) is 41.2 Å². The smallest absolute Gasteiger partial charge is 0.307 e. The number of sulfonamides is 1. The Balaban J connectivity index is 1.94. The quantitative estimate of drug-likeness (QED) is 0.611. The number of hydrogen-bond acceptors (Lipinski definition) is 5. The molecule has 29 heavy (non-hydrogen) atoms. The van der Waals surface area contributed by atoms with E-state index in [1.165, 1.54) is 29.7 Å². The Bertz CT molecular complexity index is 1270. The van der Waals surface area contributed by atoms with Gasteiger partial charge < -0.3 is 9.88 Å². The molecule has 0 aliphatic rings. The van der Waals surface area contributed by atoms with Crippen molar-refractivity contribution < 1.29 is 13.2 Å². The molecule has 0 aliphatic heterocycles. The Morgan fingerprint density at radius 2 is 1.90 bits per heavy atom. The SMILES string of the molecule is C[C@@H](C(=O)Nc1ccc2c(c1)sc(=O)n2C)N(c1cc(Cl)ccc1Cl)S(C)(=O)=O. The van der Waals surface area contributed by atoms with Gasteiger partial charge in [0, 0.05) is 17.8 Å². The molecule has 1 N–H and O–H groups in total. The van der Waals surface area contributed by atoms with Gasteiger partial charge in [0.2, 0.25) is 15.9 Å². The normalized spacial score (nSPS) is 12.7. The van der Waals surface area contributed by atoms with Crippen molar-refractivity contribution in [1.82, 2.24) is 4.57 Å². The molecule has 2 aromatic carbocycles. The first-order chi connectivity index (χ1) is 13.5. The molecule has 11 heteroatoms. The third-order valence-corrected chi connectivity index (χ3v) is 7.07. The highest BCUT2D eigenvalue weighted by Gasteiger charge is 2.31. The van der Waals surface area contributed by atoms with Gasteiger partial charge in [-0.15, -0.1) is 0 Å². The molecule has 0 unspecified atom stereocenters. The van der Waals surface area contributed by atoms with Crippen molar-refractivity contribution in [3.05, 3.63) is 56.1 Å². The first-order valence-electron chi connectivity index (χ1n) is 8.34. The van der Waals surface area contributed by atoms with E-state index in [0.29, 0.717) is 10.4 Å². The highest BCUT2D eigenvalue weighted by molar-refractivity contribution is 7.92. The van der Waals surface area contributed by atoms with Crippen molar-refractivity contribution in [2.75, 3.05) is 15.9 Å². The maximum atomic E-state index is 12.8. The fourth-order valence-electron chi connectivity index (χ4n) is 2.89. The van der Waals surface area contributed by atoms with Gasteiger partial charge in [-0.3, -0.25) is 13.9 Å². The number of nitrogens with one attached hydrogen (secondary N) is 1. The number of halogens is 2.